The molecule has 1 atom stereocenters. The zero-order valence-corrected chi connectivity index (χ0v) is 24.0. The molecule has 0 unspecified atom stereocenters. The van der Waals surface area contributed by atoms with Gasteiger partial charge in [0.05, 0.1) is 19.8 Å². The predicted octanol–water partition coefficient (Wildman–Crippen LogP) is 5.46. The molecular formula is C28H44O4Si2. The van der Waals surface area contributed by atoms with E-state index in [0.717, 1.165) is 12.7 Å². The van der Waals surface area contributed by atoms with Gasteiger partial charge in [0, 0.05) is 14.7 Å². The maximum Gasteiger partial charge on any atom is 0.261 e. The van der Waals surface area contributed by atoms with Gasteiger partial charge in [-0.25, -0.2) is 0 Å². The van der Waals surface area contributed by atoms with Crippen molar-refractivity contribution in [3.8, 4) is 0 Å². The van der Waals surface area contributed by atoms with Crippen LogP contribution in [0.15, 0.2) is 73.3 Å². The average Bonchev–Trinajstić information content (AvgIpc) is 2.78. The van der Waals surface area contributed by atoms with E-state index in [4.69, 9.17) is 18.6 Å². The van der Waals surface area contributed by atoms with E-state index in [1.54, 1.807) is 6.08 Å². The van der Waals surface area contributed by atoms with Gasteiger partial charge in [-0.05, 0) is 21.5 Å². The molecule has 2 aromatic carbocycles. The second kappa shape index (κ2) is 13.5. The summed E-state index contributed by atoms with van der Waals surface area (Å²) < 4.78 is 24.7. The molecule has 0 fully saturated rings. The predicted molar refractivity (Wildman–Crippen MR) is 148 cm³/mol. The molecular weight excluding hydrogens is 456 g/mol. The van der Waals surface area contributed by atoms with E-state index < -0.39 is 16.4 Å². The maximum absolute atomic E-state index is 7.03. The summed E-state index contributed by atoms with van der Waals surface area (Å²) in [7, 11) is -3.76. The van der Waals surface area contributed by atoms with E-state index in [0.29, 0.717) is 19.8 Å². The van der Waals surface area contributed by atoms with E-state index in [2.05, 4.69) is 108 Å². The highest BCUT2D eigenvalue weighted by Gasteiger charge is 2.50. The summed E-state index contributed by atoms with van der Waals surface area (Å²) in [5.74, 6) is 0. The van der Waals surface area contributed by atoms with Crippen molar-refractivity contribution in [3.05, 3.63) is 73.3 Å². The Morgan fingerprint density at radius 1 is 0.853 bits per heavy atom. The van der Waals surface area contributed by atoms with Gasteiger partial charge in [-0.1, -0.05) is 107 Å². The molecule has 6 heteroatoms. The van der Waals surface area contributed by atoms with Crippen LogP contribution in [0.4, 0.5) is 0 Å². The third-order valence-corrected chi connectivity index (χ3v) is 12.5. The van der Waals surface area contributed by atoms with Crippen molar-refractivity contribution >= 4 is 26.8 Å². The second-order valence-corrected chi connectivity index (χ2v) is 20.9. The van der Waals surface area contributed by atoms with Gasteiger partial charge in [0.2, 0.25) is 0 Å². The molecule has 188 valence electrons. The summed E-state index contributed by atoms with van der Waals surface area (Å²) in [6.45, 7) is 20.0. The molecule has 0 saturated carbocycles. The van der Waals surface area contributed by atoms with E-state index >= 15 is 0 Å². The molecule has 0 heterocycles. The molecule has 4 nitrogen and oxygen atoms in total. The largest absolute Gasteiger partial charge is 0.405 e. The van der Waals surface area contributed by atoms with Crippen molar-refractivity contribution in [1.82, 2.24) is 0 Å². The number of hydrogen-bond acceptors (Lipinski definition) is 4. The molecule has 0 aliphatic rings. The number of ether oxygens (including phenoxy) is 3. The van der Waals surface area contributed by atoms with Crippen LogP contribution in [-0.4, -0.2) is 55.7 Å². The number of benzene rings is 2. The van der Waals surface area contributed by atoms with Crippen LogP contribution in [0.1, 0.15) is 20.8 Å². The second-order valence-electron chi connectivity index (χ2n) is 10.9. The van der Waals surface area contributed by atoms with Crippen LogP contribution in [0.3, 0.4) is 0 Å². The minimum atomic E-state index is -2.63. The lowest BCUT2D eigenvalue weighted by Crippen LogP contribution is -2.67. The van der Waals surface area contributed by atoms with Crippen molar-refractivity contribution in [2.75, 3.05) is 33.2 Å². The topological polar surface area (TPSA) is 36.9 Å². The quantitative estimate of drug-likeness (QED) is 0.141. The molecule has 0 radical (unpaired) electrons. The SMILES string of the molecule is C=CCOC[C@@H](CO[Si](c1ccccc1)(c1ccccc1)C(C)(C)C)OCOCC[Si](C)(C)C. The molecule has 2 rings (SSSR count). The van der Waals surface area contributed by atoms with Gasteiger partial charge < -0.3 is 18.6 Å². The molecule has 2 aromatic rings. The van der Waals surface area contributed by atoms with Crippen molar-refractivity contribution in [2.45, 2.75) is 57.6 Å². The smallest absolute Gasteiger partial charge is 0.261 e. The fraction of sp³-hybridized carbons (Fsp3) is 0.500. The highest BCUT2D eigenvalue weighted by molar-refractivity contribution is 6.99. The Morgan fingerprint density at radius 3 is 1.88 bits per heavy atom. The van der Waals surface area contributed by atoms with Gasteiger partial charge in [-0.15, -0.1) is 6.58 Å². The molecule has 0 amide bonds. The van der Waals surface area contributed by atoms with Gasteiger partial charge >= 0.3 is 0 Å². The Kier molecular flexibility index (Phi) is 11.4. The fourth-order valence-corrected chi connectivity index (χ4v) is 9.34. The minimum absolute atomic E-state index is 0.0872. The lowest BCUT2D eigenvalue weighted by atomic mass is 10.2. The van der Waals surface area contributed by atoms with Crippen LogP contribution >= 0.6 is 0 Å². The van der Waals surface area contributed by atoms with Crippen LogP contribution in [0.2, 0.25) is 30.7 Å². The van der Waals surface area contributed by atoms with E-state index in [1.807, 2.05) is 0 Å². The summed E-state index contributed by atoms with van der Waals surface area (Å²) in [6, 6.07) is 22.4. The van der Waals surface area contributed by atoms with Crippen LogP contribution in [0.25, 0.3) is 0 Å². The number of hydrogen-bond donors (Lipinski definition) is 0. The first-order valence-electron chi connectivity index (χ1n) is 12.2. The van der Waals surface area contributed by atoms with Crippen LogP contribution in [0.5, 0.6) is 0 Å². The monoisotopic (exact) mass is 500 g/mol. The van der Waals surface area contributed by atoms with Crippen LogP contribution < -0.4 is 10.4 Å². The van der Waals surface area contributed by atoms with Crippen molar-refractivity contribution in [3.63, 3.8) is 0 Å². The summed E-state index contributed by atoms with van der Waals surface area (Å²) >= 11 is 0. The minimum Gasteiger partial charge on any atom is -0.405 e. The van der Waals surface area contributed by atoms with Gasteiger partial charge in [-0.3, -0.25) is 0 Å². The molecule has 0 N–H and O–H groups in total. The van der Waals surface area contributed by atoms with Crippen molar-refractivity contribution in [2.24, 2.45) is 0 Å². The van der Waals surface area contributed by atoms with E-state index in [-0.39, 0.29) is 17.9 Å². The zero-order valence-electron chi connectivity index (χ0n) is 22.0. The Labute approximate surface area is 209 Å². The van der Waals surface area contributed by atoms with Crippen LogP contribution in [0, 0.1) is 0 Å². The third kappa shape index (κ3) is 8.59. The first-order valence-corrected chi connectivity index (χ1v) is 17.8. The summed E-state index contributed by atoms with van der Waals surface area (Å²) in [5, 5.41) is 2.42. The van der Waals surface area contributed by atoms with E-state index in [1.165, 1.54) is 10.4 Å². The van der Waals surface area contributed by atoms with Crippen molar-refractivity contribution in [1.29, 1.82) is 0 Å². The Morgan fingerprint density at radius 2 is 1.41 bits per heavy atom. The number of rotatable bonds is 15. The van der Waals surface area contributed by atoms with Crippen LogP contribution in [-0.2, 0) is 18.6 Å². The molecule has 0 aliphatic carbocycles. The molecule has 0 saturated heterocycles. The summed E-state index contributed by atoms with van der Waals surface area (Å²) in [5.41, 5.74) is 0. The first-order chi connectivity index (χ1) is 16.1. The van der Waals surface area contributed by atoms with E-state index in [9.17, 15) is 0 Å². The summed E-state index contributed by atoms with van der Waals surface area (Å²) in [4.78, 5) is 0. The third-order valence-electron chi connectivity index (χ3n) is 5.83. The van der Waals surface area contributed by atoms with Gasteiger partial charge in [0.1, 0.15) is 12.9 Å². The molecule has 0 bridgehead atoms. The van der Waals surface area contributed by atoms with Gasteiger partial charge in [-0.2, -0.15) is 0 Å². The standard InChI is InChI=1S/C28H44O4Si2/c1-8-19-29-22-25(31-24-30-20-21-33(5,6)7)23-32-34(28(2,3)4,26-15-11-9-12-16-26)27-17-13-10-14-18-27/h8-18,25H,1,19-24H2,2-7H3/t25-/m0/s1. The lowest BCUT2D eigenvalue weighted by molar-refractivity contribution is -0.117. The normalized spacial score (nSPS) is 13.6. The average molecular weight is 501 g/mol. The van der Waals surface area contributed by atoms with Gasteiger partial charge in [0.25, 0.3) is 8.32 Å². The van der Waals surface area contributed by atoms with Crippen molar-refractivity contribution < 1.29 is 18.6 Å². The molecule has 0 spiro atoms. The highest BCUT2D eigenvalue weighted by atomic mass is 28.4. The lowest BCUT2D eigenvalue weighted by Gasteiger charge is -2.43. The highest BCUT2D eigenvalue weighted by Crippen LogP contribution is 2.36. The van der Waals surface area contributed by atoms with Gasteiger partial charge in [0.15, 0.2) is 0 Å². The first kappa shape index (κ1) is 28.7. The molecule has 34 heavy (non-hydrogen) atoms. The molecule has 0 aliphatic heterocycles. The molecule has 0 aromatic heterocycles. The zero-order chi connectivity index (χ0) is 25.1. The Hall–Kier alpha value is -1.55. The summed E-state index contributed by atoms with van der Waals surface area (Å²) in [6.07, 6.45) is 1.53. The fourth-order valence-electron chi connectivity index (χ4n) is 3.99. The Balaban J connectivity index is 2.23. The maximum atomic E-state index is 7.03. The Bertz CT molecular complexity index is 789.